The smallest absolute Gasteiger partial charge is 0.264 e. The van der Waals surface area contributed by atoms with Gasteiger partial charge in [-0.2, -0.15) is 0 Å². The lowest BCUT2D eigenvalue weighted by Crippen LogP contribution is -2.26. The molecule has 3 aromatic heterocycles. The maximum atomic E-state index is 14.1. The minimum absolute atomic E-state index is 0.0732. The molecule has 0 unspecified atom stereocenters. The molecule has 0 spiro atoms. The molecule has 0 aliphatic rings. The van der Waals surface area contributed by atoms with Crippen LogP contribution in [0.4, 0.5) is 19.0 Å². The molecule has 0 saturated carbocycles. The molecule has 33 heavy (non-hydrogen) atoms. The number of aromatic amines is 1. The number of pyridine rings is 1. The topological polar surface area (TPSA) is 88.5 Å². The van der Waals surface area contributed by atoms with E-state index in [2.05, 4.69) is 25.3 Å². The van der Waals surface area contributed by atoms with Crippen LogP contribution in [-0.4, -0.2) is 24.5 Å². The molecule has 2 N–H and O–H groups in total. The highest BCUT2D eigenvalue weighted by Gasteiger charge is 2.21. The highest BCUT2D eigenvalue weighted by atomic mass is 35.5. The van der Waals surface area contributed by atoms with Crippen LogP contribution >= 0.6 is 11.6 Å². The number of halogens is 4. The molecule has 166 valence electrons. The minimum atomic E-state index is -0.872. The Bertz CT molecular complexity index is 1580. The number of rotatable bonds is 4. The summed E-state index contributed by atoms with van der Waals surface area (Å²) in [7, 11) is 0. The van der Waals surface area contributed by atoms with Gasteiger partial charge in [-0.3, -0.25) is 9.36 Å². The summed E-state index contributed by atoms with van der Waals surface area (Å²) in [5.41, 5.74) is 0.516. The predicted octanol–water partition coefficient (Wildman–Crippen LogP) is 4.90. The number of hydrogen-bond acceptors (Lipinski definition) is 5. The number of anilines is 1. The van der Waals surface area contributed by atoms with Crippen molar-refractivity contribution in [2.45, 2.75) is 13.0 Å². The molecule has 2 aromatic carbocycles. The van der Waals surface area contributed by atoms with E-state index in [0.717, 1.165) is 22.8 Å². The van der Waals surface area contributed by atoms with E-state index in [0.29, 0.717) is 34.1 Å². The van der Waals surface area contributed by atoms with Crippen molar-refractivity contribution in [2.24, 2.45) is 0 Å². The van der Waals surface area contributed by atoms with Crippen molar-refractivity contribution in [3.05, 3.63) is 87.6 Å². The Balaban J connectivity index is 1.75. The number of imidazole rings is 1. The fourth-order valence-electron chi connectivity index (χ4n) is 3.76. The van der Waals surface area contributed by atoms with Gasteiger partial charge in [0.2, 0.25) is 0 Å². The van der Waals surface area contributed by atoms with Crippen LogP contribution in [0.2, 0.25) is 5.02 Å². The first-order valence-electron chi connectivity index (χ1n) is 9.74. The zero-order valence-electron chi connectivity index (χ0n) is 16.9. The fraction of sp³-hybridized carbons (Fsp3) is 0.0909. The first-order valence-corrected chi connectivity index (χ1v) is 10.1. The van der Waals surface area contributed by atoms with Crippen molar-refractivity contribution in [3.8, 4) is 5.69 Å². The third kappa shape index (κ3) is 3.58. The number of nitrogens with one attached hydrogen (secondary N) is 2. The van der Waals surface area contributed by atoms with E-state index >= 15 is 0 Å². The van der Waals surface area contributed by atoms with Gasteiger partial charge in [-0.15, -0.1) is 0 Å². The second kappa shape index (κ2) is 7.89. The lowest BCUT2D eigenvalue weighted by molar-refractivity contribution is 0.580. The van der Waals surface area contributed by atoms with Gasteiger partial charge in [0.25, 0.3) is 5.56 Å². The SMILES string of the molecule is C[C@@H](Nc1ncnc2[nH]cnc12)c1cc2ccc(F)c(Cl)c2c(=O)n1-c1cc(F)cc(F)c1. The summed E-state index contributed by atoms with van der Waals surface area (Å²) in [5, 5.41) is 3.05. The van der Waals surface area contributed by atoms with Gasteiger partial charge in [0.05, 0.1) is 28.5 Å². The Kier molecular flexibility index (Phi) is 5.01. The van der Waals surface area contributed by atoms with Gasteiger partial charge in [0, 0.05) is 11.8 Å². The van der Waals surface area contributed by atoms with E-state index in [1.54, 1.807) is 13.0 Å². The predicted molar refractivity (Wildman–Crippen MR) is 118 cm³/mol. The summed E-state index contributed by atoms with van der Waals surface area (Å²) < 4.78 is 43.3. The third-order valence-electron chi connectivity index (χ3n) is 5.23. The molecular formula is C22H14ClF3N6O. The Labute approximate surface area is 188 Å². The van der Waals surface area contributed by atoms with Gasteiger partial charge in [0.1, 0.15) is 29.3 Å². The van der Waals surface area contributed by atoms with E-state index < -0.39 is 29.1 Å². The van der Waals surface area contributed by atoms with Crippen LogP contribution in [0.25, 0.3) is 27.6 Å². The van der Waals surface area contributed by atoms with Gasteiger partial charge in [-0.25, -0.2) is 28.1 Å². The second-order valence-electron chi connectivity index (χ2n) is 7.35. The first kappa shape index (κ1) is 21.0. The van der Waals surface area contributed by atoms with Crippen molar-refractivity contribution in [1.82, 2.24) is 24.5 Å². The monoisotopic (exact) mass is 470 g/mol. The van der Waals surface area contributed by atoms with Crippen LogP contribution in [0.3, 0.4) is 0 Å². The van der Waals surface area contributed by atoms with Crippen molar-refractivity contribution in [2.75, 3.05) is 5.32 Å². The molecule has 7 nitrogen and oxygen atoms in total. The first-order chi connectivity index (χ1) is 15.8. The quantitative estimate of drug-likeness (QED) is 0.390. The zero-order chi connectivity index (χ0) is 23.3. The molecule has 11 heteroatoms. The van der Waals surface area contributed by atoms with Crippen LogP contribution in [0.5, 0.6) is 0 Å². The van der Waals surface area contributed by atoms with Crippen molar-refractivity contribution in [3.63, 3.8) is 0 Å². The zero-order valence-corrected chi connectivity index (χ0v) is 17.7. The number of fused-ring (bicyclic) bond motifs is 2. The van der Waals surface area contributed by atoms with E-state index in [1.807, 2.05) is 0 Å². The molecule has 0 saturated heterocycles. The summed E-state index contributed by atoms with van der Waals surface area (Å²) in [6.07, 6.45) is 2.81. The maximum absolute atomic E-state index is 14.1. The highest BCUT2D eigenvalue weighted by molar-refractivity contribution is 6.35. The van der Waals surface area contributed by atoms with Crippen molar-refractivity contribution < 1.29 is 13.2 Å². The van der Waals surface area contributed by atoms with Gasteiger partial charge in [-0.05, 0) is 36.6 Å². The van der Waals surface area contributed by atoms with Crippen LogP contribution in [0, 0.1) is 17.5 Å². The lowest BCUT2D eigenvalue weighted by Gasteiger charge is -2.21. The summed E-state index contributed by atoms with van der Waals surface area (Å²) in [4.78, 5) is 28.8. The fourth-order valence-corrected chi connectivity index (χ4v) is 4.01. The Morgan fingerprint density at radius 3 is 2.58 bits per heavy atom. The maximum Gasteiger partial charge on any atom is 0.264 e. The van der Waals surface area contributed by atoms with Crippen LogP contribution in [-0.2, 0) is 0 Å². The second-order valence-corrected chi connectivity index (χ2v) is 7.73. The van der Waals surface area contributed by atoms with Crippen LogP contribution in [0.1, 0.15) is 18.7 Å². The van der Waals surface area contributed by atoms with Crippen LogP contribution in [0.15, 0.2) is 53.8 Å². The normalized spacial score (nSPS) is 12.4. The van der Waals surface area contributed by atoms with Gasteiger partial charge >= 0.3 is 0 Å². The highest BCUT2D eigenvalue weighted by Crippen LogP contribution is 2.29. The standard InChI is InChI=1S/C22H14ClF3N6O/c1-10(31-21-19-20(28-8-27-19)29-9-30-21)16-4-11-2-3-15(26)18(23)17(11)22(33)32(16)14-6-12(24)5-13(25)7-14/h2-10H,1H3,(H2,27,28,29,30,31)/t10-/m1/s1. The van der Waals surface area contributed by atoms with Crippen molar-refractivity contribution in [1.29, 1.82) is 0 Å². The Morgan fingerprint density at radius 2 is 1.82 bits per heavy atom. The molecule has 0 bridgehead atoms. The average Bonchev–Trinajstić information content (AvgIpc) is 3.25. The minimum Gasteiger partial charge on any atom is -0.360 e. The van der Waals surface area contributed by atoms with E-state index in [1.165, 1.54) is 18.7 Å². The summed E-state index contributed by atoms with van der Waals surface area (Å²) in [6, 6.07) is 6.28. The van der Waals surface area contributed by atoms with E-state index in [9.17, 15) is 18.0 Å². The van der Waals surface area contributed by atoms with Crippen molar-refractivity contribution >= 4 is 39.4 Å². The molecule has 5 rings (SSSR count). The number of hydrogen-bond donors (Lipinski definition) is 2. The molecule has 1 atom stereocenters. The lowest BCUT2D eigenvalue weighted by atomic mass is 10.1. The summed E-state index contributed by atoms with van der Waals surface area (Å²) in [6.45, 7) is 1.73. The summed E-state index contributed by atoms with van der Waals surface area (Å²) >= 11 is 6.09. The molecule has 5 aromatic rings. The number of benzene rings is 2. The molecule has 3 heterocycles. The van der Waals surface area contributed by atoms with E-state index in [-0.39, 0.29) is 16.1 Å². The average molecular weight is 471 g/mol. The number of H-pyrrole nitrogens is 1. The van der Waals surface area contributed by atoms with Gasteiger partial charge in [0.15, 0.2) is 11.5 Å². The largest absolute Gasteiger partial charge is 0.360 e. The van der Waals surface area contributed by atoms with Gasteiger partial charge < -0.3 is 10.3 Å². The Hall–Kier alpha value is -3.92. The van der Waals surface area contributed by atoms with Crippen LogP contribution < -0.4 is 10.9 Å². The molecule has 0 amide bonds. The molecular weight excluding hydrogens is 457 g/mol. The Morgan fingerprint density at radius 1 is 1.06 bits per heavy atom. The number of nitrogens with zero attached hydrogens (tertiary/aromatic N) is 4. The third-order valence-corrected chi connectivity index (χ3v) is 5.59. The molecule has 0 fully saturated rings. The molecule has 0 aliphatic heterocycles. The molecule has 0 radical (unpaired) electrons. The number of aromatic nitrogens is 5. The summed E-state index contributed by atoms with van der Waals surface area (Å²) in [5.74, 6) is -2.14. The van der Waals surface area contributed by atoms with E-state index in [4.69, 9.17) is 11.6 Å². The molecule has 0 aliphatic carbocycles. The van der Waals surface area contributed by atoms with Gasteiger partial charge in [-0.1, -0.05) is 17.7 Å².